The van der Waals surface area contributed by atoms with Gasteiger partial charge in [-0.1, -0.05) is 47.7 Å². The number of thioether (sulfide) groups is 1. The maximum atomic E-state index is 12.5. The van der Waals surface area contributed by atoms with E-state index in [2.05, 4.69) is 0 Å². The fraction of sp³-hybridized carbons (Fsp3) is 0.167. The van der Waals surface area contributed by atoms with Crippen LogP contribution in [0.15, 0.2) is 45.7 Å². The van der Waals surface area contributed by atoms with Crippen molar-refractivity contribution in [1.82, 2.24) is 4.90 Å². The molecule has 0 unspecified atom stereocenters. The normalized spacial score (nSPS) is 15.9. The first kappa shape index (κ1) is 18.7. The number of nitrogens with zero attached hydrogens (tertiary/aromatic N) is 1. The Morgan fingerprint density at radius 1 is 1.31 bits per heavy atom. The Hall–Kier alpha value is -2.09. The minimum Gasteiger partial charge on any atom is -0.550 e. The highest BCUT2D eigenvalue weighted by atomic mass is 35.5. The predicted octanol–water partition coefficient (Wildman–Crippen LogP) is 3.33. The molecule has 2 aromatic rings. The molecule has 0 bridgehead atoms. The minimum atomic E-state index is -1.14. The molecule has 1 aromatic heterocycles. The van der Waals surface area contributed by atoms with Crippen molar-refractivity contribution in [2.75, 3.05) is 6.54 Å². The molecule has 1 aromatic carbocycles. The highest BCUT2D eigenvalue weighted by Crippen LogP contribution is 2.34. The molecule has 134 valence electrons. The van der Waals surface area contributed by atoms with E-state index in [-0.39, 0.29) is 18.9 Å². The summed E-state index contributed by atoms with van der Waals surface area (Å²) in [7, 11) is 0. The number of hydrogen-bond acceptors (Lipinski definition) is 6. The van der Waals surface area contributed by atoms with Gasteiger partial charge in [-0.15, -0.1) is 0 Å². The van der Waals surface area contributed by atoms with Crippen LogP contribution in [-0.2, 0) is 9.59 Å². The number of furan rings is 1. The third-order valence-corrected chi connectivity index (χ3v) is 5.38. The summed E-state index contributed by atoms with van der Waals surface area (Å²) in [6.45, 7) is 0.249. The van der Waals surface area contributed by atoms with Crippen molar-refractivity contribution in [2.24, 2.45) is 0 Å². The van der Waals surface area contributed by atoms with Gasteiger partial charge in [-0.2, -0.15) is 0 Å². The molecule has 0 atom stereocenters. The lowest BCUT2D eigenvalue weighted by molar-refractivity contribution is -0.305. The lowest BCUT2D eigenvalue weighted by Crippen LogP contribution is -2.30. The summed E-state index contributed by atoms with van der Waals surface area (Å²) >= 11 is 12.5. The molecule has 2 heterocycles. The van der Waals surface area contributed by atoms with Gasteiger partial charge in [0.15, 0.2) is 0 Å². The fourth-order valence-electron chi connectivity index (χ4n) is 2.44. The van der Waals surface area contributed by atoms with Crippen molar-refractivity contribution < 1.29 is 19.1 Å². The van der Waals surface area contributed by atoms with Crippen LogP contribution in [0, 0.1) is 0 Å². The molecule has 1 saturated heterocycles. The third-order valence-electron chi connectivity index (χ3n) is 3.68. The van der Waals surface area contributed by atoms with E-state index < -0.39 is 5.97 Å². The summed E-state index contributed by atoms with van der Waals surface area (Å²) in [6, 6.07) is 10.9. The number of carbonyl (C=O) groups is 2. The van der Waals surface area contributed by atoms with Gasteiger partial charge in [0, 0.05) is 24.2 Å². The number of carboxylic acids is 1. The van der Waals surface area contributed by atoms with Gasteiger partial charge in [-0.25, -0.2) is 0 Å². The third kappa shape index (κ3) is 4.17. The van der Waals surface area contributed by atoms with Gasteiger partial charge in [-0.05, 0) is 37.1 Å². The zero-order chi connectivity index (χ0) is 18.7. The number of halogens is 1. The molecule has 8 heteroatoms. The maximum absolute atomic E-state index is 12.5. The second-order valence-corrected chi connectivity index (χ2v) is 7.57. The number of amides is 1. The summed E-state index contributed by atoms with van der Waals surface area (Å²) < 4.78 is 6.17. The van der Waals surface area contributed by atoms with Crippen molar-refractivity contribution in [3.8, 4) is 11.3 Å². The fourth-order valence-corrected chi connectivity index (χ4v) is 3.96. The van der Waals surface area contributed by atoms with Crippen LogP contribution in [0.1, 0.15) is 18.6 Å². The van der Waals surface area contributed by atoms with E-state index in [1.165, 1.54) is 4.90 Å². The molecule has 0 aliphatic carbocycles. The van der Waals surface area contributed by atoms with Crippen molar-refractivity contribution in [2.45, 2.75) is 12.8 Å². The lowest BCUT2D eigenvalue weighted by atomic mass is 10.2. The van der Waals surface area contributed by atoms with E-state index >= 15 is 0 Å². The van der Waals surface area contributed by atoms with Crippen molar-refractivity contribution in [3.63, 3.8) is 0 Å². The average molecular weight is 407 g/mol. The summed E-state index contributed by atoms with van der Waals surface area (Å²) in [5.74, 6) is -0.288. The molecule has 1 fully saturated rings. The molecule has 1 amide bonds. The summed E-state index contributed by atoms with van der Waals surface area (Å²) in [6.07, 6.45) is 1.80. The Morgan fingerprint density at radius 3 is 2.81 bits per heavy atom. The quantitative estimate of drug-likeness (QED) is 0.541. The van der Waals surface area contributed by atoms with Crippen LogP contribution in [0.2, 0.25) is 5.02 Å². The Bertz CT molecular complexity index is 906. The number of hydrogen-bond donors (Lipinski definition) is 0. The smallest absolute Gasteiger partial charge is 0.266 e. The van der Waals surface area contributed by atoms with Gasteiger partial charge in [-0.3, -0.25) is 9.69 Å². The van der Waals surface area contributed by atoms with Gasteiger partial charge in [0.1, 0.15) is 15.8 Å². The molecule has 1 aliphatic rings. The highest BCUT2D eigenvalue weighted by Gasteiger charge is 2.31. The van der Waals surface area contributed by atoms with Crippen LogP contribution in [0.25, 0.3) is 17.4 Å². The number of benzene rings is 1. The second kappa shape index (κ2) is 8.07. The zero-order valence-electron chi connectivity index (χ0n) is 13.4. The van der Waals surface area contributed by atoms with Crippen LogP contribution in [0.4, 0.5) is 0 Å². The minimum absolute atomic E-state index is 0.116. The van der Waals surface area contributed by atoms with E-state index in [1.807, 2.05) is 18.2 Å². The monoisotopic (exact) mass is 406 g/mol. The zero-order valence-corrected chi connectivity index (χ0v) is 15.8. The SMILES string of the molecule is O=C([O-])CCCN1C(=O)/C(=C/c2ccc(-c3ccccc3Cl)o2)SC1=S. The van der Waals surface area contributed by atoms with Gasteiger partial charge >= 0.3 is 0 Å². The Labute approximate surface area is 164 Å². The van der Waals surface area contributed by atoms with E-state index in [4.69, 9.17) is 28.2 Å². The number of carboxylic acid groups (broad SMARTS) is 1. The molecule has 3 rings (SSSR count). The first-order valence-electron chi connectivity index (χ1n) is 7.75. The molecule has 1 aliphatic heterocycles. The van der Waals surface area contributed by atoms with Gasteiger partial charge in [0.2, 0.25) is 0 Å². The van der Waals surface area contributed by atoms with E-state index in [1.54, 1.807) is 24.3 Å². The number of thiocarbonyl (C=S) groups is 1. The number of carbonyl (C=O) groups excluding carboxylic acids is 2. The topological polar surface area (TPSA) is 73.6 Å². The van der Waals surface area contributed by atoms with Gasteiger partial charge in [0.25, 0.3) is 5.91 Å². The molecule has 5 nitrogen and oxygen atoms in total. The van der Waals surface area contributed by atoms with E-state index in [0.29, 0.717) is 32.2 Å². The number of aliphatic carboxylic acids is 1. The lowest BCUT2D eigenvalue weighted by Gasteiger charge is -2.14. The van der Waals surface area contributed by atoms with Crippen LogP contribution >= 0.6 is 35.6 Å². The standard InChI is InChI=1S/C18H14ClNO4S2/c19-13-5-2-1-4-12(13)14-8-7-11(24-14)10-15-17(23)20(18(25)26-15)9-3-6-16(21)22/h1-2,4-5,7-8,10H,3,6,9H2,(H,21,22)/p-1/b15-10-. The van der Waals surface area contributed by atoms with Crippen molar-refractivity contribution in [1.29, 1.82) is 0 Å². The summed E-state index contributed by atoms with van der Waals surface area (Å²) in [5, 5.41) is 11.1. The second-order valence-electron chi connectivity index (χ2n) is 5.49. The Morgan fingerprint density at radius 2 is 2.08 bits per heavy atom. The van der Waals surface area contributed by atoms with E-state index in [9.17, 15) is 14.7 Å². The maximum Gasteiger partial charge on any atom is 0.266 e. The Balaban J connectivity index is 1.75. The van der Waals surface area contributed by atoms with E-state index in [0.717, 1.165) is 17.3 Å². The van der Waals surface area contributed by atoms with Crippen LogP contribution in [0.5, 0.6) is 0 Å². The molecular weight excluding hydrogens is 394 g/mol. The average Bonchev–Trinajstić information content (AvgIpc) is 3.15. The van der Waals surface area contributed by atoms with Crippen LogP contribution in [-0.4, -0.2) is 27.6 Å². The van der Waals surface area contributed by atoms with Gasteiger partial charge in [0.05, 0.1) is 9.93 Å². The predicted molar refractivity (Wildman–Crippen MR) is 103 cm³/mol. The first-order valence-corrected chi connectivity index (χ1v) is 9.36. The summed E-state index contributed by atoms with van der Waals surface area (Å²) in [5.41, 5.74) is 0.767. The molecule has 0 spiro atoms. The van der Waals surface area contributed by atoms with Crippen molar-refractivity contribution in [3.05, 3.63) is 52.1 Å². The highest BCUT2D eigenvalue weighted by molar-refractivity contribution is 8.26. The number of rotatable bonds is 6. The molecule has 26 heavy (non-hydrogen) atoms. The molecule has 0 saturated carbocycles. The Kier molecular flexibility index (Phi) is 5.80. The van der Waals surface area contributed by atoms with Crippen LogP contribution < -0.4 is 5.11 Å². The summed E-state index contributed by atoms with van der Waals surface area (Å²) in [4.78, 5) is 24.8. The van der Waals surface area contributed by atoms with Crippen molar-refractivity contribution >= 4 is 57.9 Å². The van der Waals surface area contributed by atoms with Crippen LogP contribution in [0.3, 0.4) is 0 Å². The molecule has 0 N–H and O–H groups in total. The largest absolute Gasteiger partial charge is 0.550 e. The first-order chi connectivity index (χ1) is 12.5. The molecular formula is C18H13ClNO4S2-. The van der Waals surface area contributed by atoms with Gasteiger partial charge < -0.3 is 14.3 Å². The molecule has 0 radical (unpaired) electrons.